The van der Waals surface area contributed by atoms with E-state index >= 15 is 0 Å². The van der Waals surface area contributed by atoms with Gasteiger partial charge in [0.15, 0.2) is 0 Å². The predicted molar refractivity (Wildman–Crippen MR) is 74.7 cm³/mol. The van der Waals surface area contributed by atoms with Gasteiger partial charge in [-0.25, -0.2) is 0 Å². The second kappa shape index (κ2) is 11.1. The van der Waals surface area contributed by atoms with Gasteiger partial charge in [0.2, 0.25) is 6.41 Å². The van der Waals surface area contributed by atoms with Crippen molar-refractivity contribution in [3.8, 4) is 0 Å². The Morgan fingerprint density at radius 1 is 1.06 bits per heavy atom. The molecule has 3 nitrogen and oxygen atoms in total. The van der Waals surface area contributed by atoms with Crippen LogP contribution in [0.3, 0.4) is 0 Å². The fourth-order valence-corrected chi connectivity index (χ4v) is 0.0962. The van der Waals surface area contributed by atoms with E-state index in [2.05, 4.69) is 49.2 Å². The number of nitrogens with one attached hydrogen (secondary N) is 1. The van der Waals surface area contributed by atoms with Crippen LogP contribution in [0.2, 0.25) is 0 Å². The summed E-state index contributed by atoms with van der Waals surface area (Å²) >= 11 is 0. The van der Waals surface area contributed by atoms with Crippen molar-refractivity contribution in [1.82, 2.24) is 5.32 Å². The average Bonchev–Trinajstić information content (AvgIpc) is 2.16. The first-order chi connectivity index (χ1) is 7.16. The molecule has 1 atom stereocenters. The molecular formula is C12H28NO2P. The average molecular weight is 249 g/mol. The van der Waals surface area contributed by atoms with Crippen molar-refractivity contribution in [2.45, 2.75) is 53.6 Å². The lowest BCUT2D eigenvalue weighted by atomic mass is 9.82. The van der Waals surface area contributed by atoms with Crippen molar-refractivity contribution < 1.29 is 9.59 Å². The maximum atomic E-state index is 9.34. The summed E-state index contributed by atoms with van der Waals surface area (Å²) in [5, 5.41) is 2.50. The van der Waals surface area contributed by atoms with Gasteiger partial charge in [0, 0.05) is 0 Å². The maximum Gasteiger partial charge on any atom is 0.207 e. The number of carbonyl (C=O) groups is 2. The van der Waals surface area contributed by atoms with Crippen molar-refractivity contribution in [3.63, 3.8) is 0 Å². The molecule has 1 amide bonds. The van der Waals surface area contributed by atoms with Crippen LogP contribution in [-0.4, -0.2) is 24.4 Å². The Morgan fingerprint density at radius 3 is 1.44 bits per heavy atom. The first-order valence-electron chi connectivity index (χ1n) is 5.56. The largest absolute Gasteiger partial charge is 0.352 e. The highest BCUT2D eigenvalue weighted by molar-refractivity contribution is 7.18. The molecule has 0 aromatic heterocycles. The van der Waals surface area contributed by atoms with E-state index in [4.69, 9.17) is 0 Å². The summed E-state index contributed by atoms with van der Waals surface area (Å²) in [6.45, 7) is 15.3. The number of hydrogen-bond acceptors (Lipinski definition) is 2. The lowest BCUT2D eigenvalue weighted by Crippen LogP contribution is -2.29. The molecule has 0 bridgehead atoms. The van der Waals surface area contributed by atoms with Gasteiger partial charge in [0.25, 0.3) is 0 Å². The number of hydrogen-bond donors (Lipinski definition) is 1. The Balaban J connectivity index is -0.000000188. The molecule has 0 radical (unpaired) electrons. The van der Waals surface area contributed by atoms with E-state index in [0.29, 0.717) is 23.3 Å². The standard InChI is InChI=1S/C7H17P.C3H5NO2.C2H6/c1-6(2,3)7(4,5)8;5-2-1-4-3-6;1-2/h8H2,1-5H3;2-3H,1H2,(H,4,6);1-2H3. The molecule has 98 valence electrons. The van der Waals surface area contributed by atoms with Crippen LogP contribution in [-0.2, 0) is 9.59 Å². The second-order valence-electron chi connectivity index (χ2n) is 4.66. The van der Waals surface area contributed by atoms with E-state index < -0.39 is 0 Å². The van der Waals surface area contributed by atoms with Crippen molar-refractivity contribution in [3.05, 3.63) is 0 Å². The minimum absolute atomic E-state index is 0.115. The third-order valence-corrected chi connectivity index (χ3v) is 3.08. The van der Waals surface area contributed by atoms with E-state index in [-0.39, 0.29) is 6.54 Å². The Hall–Kier alpha value is -0.430. The molecule has 0 aromatic rings. The quantitative estimate of drug-likeness (QED) is 0.475. The van der Waals surface area contributed by atoms with E-state index in [1.54, 1.807) is 0 Å². The maximum absolute atomic E-state index is 9.34. The third-order valence-electron chi connectivity index (χ3n) is 2.22. The van der Waals surface area contributed by atoms with Gasteiger partial charge < -0.3 is 10.1 Å². The molecule has 0 saturated heterocycles. The van der Waals surface area contributed by atoms with Gasteiger partial charge in [-0.1, -0.05) is 48.5 Å². The van der Waals surface area contributed by atoms with Crippen molar-refractivity contribution in [1.29, 1.82) is 0 Å². The van der Waals surface area contributed by atoms with Crippen LogP contribution in [0.5, 0.6) is 0 Å². The number of carbonyl (C=O) groups excluding carboxylic acids is 2. The second-order valence-corrected chi connectivity index (χ2v) is 6.11. The zero-order chi connectivity index (χ0) is 13.8. The molecule has 1 N–H and O–H groups in total. The summed E-state index contributed by atoms with van der Waals surface area (Å²) in [7, 11) is 2.86. The Kier molecular flexibility index (Phi) is 14.5. The third kappa shape index (κ3) is 16.0. The molecule has 0 spiro atoms. The Bertz CT molecular complexity index is 149. The normalized spacial score (nSPS) is 10.0. The molecule has 0 aliphatic heterocycles. The molecule has 4 heteroatoms. The van der Waals surface area contributed by atoms with Gasteiger partial charge in [0.05, 0.1) is 6.54 Å². The monoisotopic (exact) mass is 249 g/mol. The molecule has 16 heavy (non-hydrogen) atoms. The van der Waals surface area contributed by atoms with Crippen LogP contribution in [0.15, 0.2) is 0 Å². The van der Waals surface area contributed by atoms with Crippen LogP contribution in [0, 0.1) is 5.41 Å². The lowest BCUT2D eigenvalue weighted by Gasteiger charge is -2.34. The molecule has 0 aliphatic rings. The zero-order valence-electron chi connectivity index (χ0n) is 11.8. The summed E-state index contributed by atoms with van der Waals surface area (Å²) in [6.07, 6.45) is 1.10. The Labute approximate surface area is 103 Å². The molecule has 0 saturated carbocycles. The van der Waals surface area contributed by atoms with E-state index in [0.717, 1.165) is 0 Å². The van der Waals surface area contributed by atoms with Crippen LogP contribution in [0.25, 0.3) is 0 Å². The van der Waals surface area contributed by atoms with E-state index in [1.807, 2.05) is 13.8 Å². The smallest absolute Gasteiger partial charge is 0.207 e. The van der Waals surface area contributed by atoms with Crippen LogP contribution in [0.4, 0.5) is 0 Å². The molecule has 0 rings (SSSR count). The SMILES string of the molecule is CC.CC(C)(C)C(C)(C)P.O=CCNC=O. The van der Waals surface area contributed by atoms with Crippen molar-refractivity contribution in [2.75, 3.05) is 6.54 Å². The number of amides is 1. The fraction of sp³-hybridized carbons (Fsp3) is 0.833. The van der Waals surface area contributed by atoms with Gasteiger partial charge >= 0.3 is 0 Å². The fourth-order valence-electron chi connectivity index (χ4n) is 0.0962. The first kappa shape index (κ1) is 20.9. The topological polar surface area (TPSA) is 46.2 Å². The first-order valence-corrected chi connectivity index (χ1v) is 6.14. The van der Waals surface area contributed by atoms with Crippen LogP contribution >= 0.6 is 9.24 Å². The molecule has 0 heterocycles. The summed E-state index contributed by atoms with van der Waals surface area (Å²) in [4.78, 5) is 18.6. The van der Waals surface area contributed by atoms with Crippen molar-refractivity contribution >= 4 is 21.9 Å². The minimum atomic E-state index is 0.115. The van der Waals surface area contributed by atoms with Gasteiger partial charge in [0.1, 0.15) is 6.29 Å². The molecule has 0 aromatic carbocycles. The number of rotatable bonds is 3. The zero-order valence-corrected chi connectivity index (χ0v) is 12.9. The summed E-state index contributed by atoms with van der Waals surface area (Å²) in [6, 6.07) is 0. The van der Waals surface area contributed by atoms with Crippen LogP contribution < -0.4 is 5.32 Å². The molecular weight excluding hydrogens is 221 g/mol. The molecule has 0 aliphatic carbocycles. The predicted octanol–water partition coefficient (Wildman–Crippen LogP) is 2.64. The van der Waals surface area contributed by atoms with E-state index in [9.17, 15) is 9.59 Å². The van der Waals surface area contributed by atoms with Gasteiger partial charge in [-0.2, -0.15) is 0 Å². The summed E-state index contributed by atoms with van der Waals surface area (Å²) in [5.41, 5.74) is 0.400. The highest BCUT2D eigenvalue weighted by Crippen LogP contribution is 2.36. The molecule has 1 unspecified atom stereocenters. The van der Waals surface area contributed by atoms with E-state index in [1.165, 1.54) is 0 Å². The van der Waals surface area contributed by atoms with Gasteiger partial charge in [-0.15, -0.1) is 9.24 Å². The summed E-state index contributed by atoms with van der Waals surface area (Å²) in [5.74, 6) is 0. The highest BCUT2D eigenvalue weighted by atomic mass is 31.0. The minimum Gasteiger partial charge on any atom is -0.352 e. The van der Waals surface area contributed by atoms with Gasteiger partial charge in [-0.05, 0) is 10.6 Å². The molecule has 0 fully saturated rings. The van der Waals surface area contributed by atoms with Gasteiger partial charge in [-0.3, -0.25) is 4.79 Å². The van der Waals surface area contributed by atoms with Crippen molar-refractivity contribution in [2.24, 2.45) is 5.41 Å². The lowest BCUT2D eigenvalue weighted by molar-refractivity contribution is -0.113. The highest BCUT2D eigenvalue weighted by Gasteiger charge is 2.27. The summed E-state index contributed by atoms with van der Waals surface area (Å²) < 4.78 is 0. The van der Waals surface area contributed by atoms with Crippen LogP contribution in [0.1, 0.15) is 48.5 Å². The Morgan fingerprint density at radius 2 is 1.38 bits per heavy atom. The number of aldehydes is 1.